The molecule has 1 aromatic rings. The molecule has 1 N–H and O–H groups in total. The van der Waals surface area contributed by atoms with Gasteiger partial charge in [0.05, 0.1) is 12.5 Å². The number of phenols is 1. The zero-order chi connectivity index (χ0) is 12.6. The molecular weight excluding hydrogens is 216 g/mol. The first kappa shape index (κ1) is 12.0. The Bertz CT molecular complexity index is 459. The van der Waals surface area contributed by atoms with Gasteiger partial charge in [-0.1, -0.05) is 19.1 Å². The van der Waals surface area contributed by atoms with Gasteiger partial charge in [0, 0.05) is 0 Å². The lowest BCUT2D eigenvalue weighted by molar-refractivity contribution is -0.143. The molecule has 0 amide bonds. The molecule has 1 aliphatic rings. The number of esters is 1. The van der Waals surface area contributed by atoms with Gasteiger partial charge in [0.25, 0.3) is 0 Å². The average molecular weight is 234 g/mol. The van der Waals surface area contributed by atoms with Crippen LogP contribution in [0.25, 0.3) is 0 Å². The molecule has 1 aromatic carbocycles. The molecule has 3 nitrogen and oxygen atoms in total. The van der Waals surface area contributed by atoms with Crippen molar-refractivity contribution in [3.63, 3.8) is 0 Å². The first-order valence-electron chi connectivity index (χ1n) is 5.96. The van der Waals surface area contributed by atoms with Gasteiger partial charge in [-0.3, -0.25) is 4.79 Å². The van der Waals surface area contributed by atoms with E-state index in [9.17, 15) is 9.90 Å². The van der Waals surface area contributed by atoms with Crippen molar-refractivity contribution in [1.82, 2.24) is 0 Å². The lowest BCUT2D eigenvalue weighted by atomic mass is 9.91. The predicted molar refractivity (Wildman–Crippen MR) is 65.1 cm³/mol. The number of carbonyl (C=O) groups is 1. The van der Waals surface area contributed by atoms with Crippen LogP contribution in [-0.4, -0.2) is 18.2 Å². The van der Waals surface area contributed by atoms with Gasteiger partial charge in [-0.2, -0.15) is 0 Å². The fourth-order valence-corrected chi connectivity index (χ4v) is 2.33. The molecule has 0 bridgehead atoms. The number of carbonyl (C=O) groups excluding carboxylic acids is 1. The number of phenolic OH excluding ortho intramolecular Hbond substituents is 1. The Hall–Kier alpha value is -1.51. The number of aryl methyl sites for hydroxylation is 2. The molecule has 0 unspecified atom stereocenters. The maximum Gasteiger partial charge on any atom is 0.316 e. The molecule has 0 heterocycles. The monoisotopic (exact) mass is 234 g/mol. The minimum Gasteiger partial charge on any atom is -0.507 e. The van der Waals surface area contributed by atoms with E-state index in [2.05, 4.69) is 0 Å². The number of ether oxygens (including phenoxy) is 1. The van der Waals surface area contributed by atoms with Crippen LogP contribution in [0.5, 0.6) is 5.75 Å². The minimum atomic E-state index is -0.447. The number of aromatic hydroxyl groups is 1. The third-order valence-corrected chi connectivity index (χ3v) is 3.64. The summed E-state index contributed by atoms with van der Waals surface area (Å²) in [6.45, 7) is 3.86. The molecule has 17 heavy (non-hydrogen) atoms. The van der Waals surface area contributed by atoms with Gasteiger partial charge in [0.15, 0.2) is 0 Å². The van der Waals surface area contributed by atoms with Crippen LogP contribution < -0.4 is 0 Å². The number of benzene rings is 1. The van der Waals surface area contributed by atoms with E-state index in [1.165, 1.54) is 7.11 Å². The van der Waals surface area contributed by atoms with Gasteiger partial charge < -0.3 is 9.84 Å². The largest absolute Gasteiger partial charge is 0.507 e. The normalized spacial score (nSPS) is 16.6. The Balaban J connectivity index is 2.47. The Morgan fingerprint density at radius 3 is 2.59 bits per heavy atom. The molecule has 0 aromatic heterocycles. The minimum absolute atomic E-state index is 0.162. The Labute approximate surface area is 101 Å². The highest BCUT2D eigenvalue weighted by atomic mass is 16.5. The lowest BCUT2D eigenvalue weighted by Crippen LogP contribution is -2.22. The molecule has 2 rings (SSSR count). The van der Waals surface area contributed by atoms with Gasteiger partial charge in [-0.15, -0.1) is 0 Å². The molecule has 1 fully saturated rings. The van der Waals surface area contributed by atoms with Crippen molar-refractivity contribution in [2.24, 2.45) is 0 Å². The zero-order valence-electron chi connectivity index (χ0n) is 10.5. The van der Waals surface area contributed by atoms with E-state index in [-0.39, 0.29) is 5.97 Å². The topological polar surface area (TPSA) is 46.5 Å². The van der Waals surface area contributed by atoms with Crippen molar-refractivity contribution in [2.45, 2.75) is 38.5 Å². The first-order chi connectivity index (χ1) is 8.05. The molecule has 0 saturated heterocycles. The fourth-order valence-electron chi connectivity index (χ4n) is 2.33. The molecule has 0 atom stereocenters. The fraction of sp³-hybridized carbons (Fsp3) is 0.500. The number of rotatable bonds is 3. The number of methoxy groups -OCH3 is 1. The summed E-state index contributed by atoms with van der Waals surface area (Å²) in [5, 5.41) is 9.89. The molecule has 0 spiro atoms. The van der Waals surface area contributed by atoms with Crippen molar-refractivity contribution in [3.05, 3.63) is 28.8 Å². The molecule has 92 valence electrons. The van der Waals surface area contributed by atoms with Crippen molar-refractivity contribution < 1.29 is 14.6 Å². The van der Waals surface area contributed by atoms with Crippen LogP contribution in [-0.2, 0) is 21.4 Å². The number of hydrogen-bond acceptors (Lipinski definition) is 3. The molecule has 0 radical (unpaired) electrons. The van der Waals surface area contributed by atoms with E-state index in [4.69, 9.17) is 4.74 Å². The lowest BCUT2D eigenvalue weighted by Gasteiger charge is -2.16. The van der Waals surface area contributed by atoms with E-state index in [1.54, 1.807) is 0 Å². The van der Waals surface area contributed by atoms with Gasteiger partial charge >= 0.3 is 5.97 Å². The van der Waals surface area contributed by atoms with Gasteiger partial charge in [0.1, 0.15) is 5.75 Å². The predicted octanol–water partition coefficient (Wildman–Crippen LogP) is 2.47. The molecule has 0 aliphatic heterocycles. The van der Waals surface area contributed by atoms with E-state index < -0.39 is 5.41 Å². The Morgan fingerprint density at radius 2 is 2.12 bits per heavy atom. The summed E-state index contributed by atoms with van der Waals surface area (Å²) < 4.78 is 4.87. The second kappa shape index (κ2) is 4.06. The van der Waals surface area contributed by atoms with Crippen LogP contribution in [0.1, 0.15) is 36.5 Å². The van der Waals surface area contributed by atoms with Crippen molar-refractivity contribution in [3.8, 4) is 5.75 Å². The summed E-state index contributed by atoms with van der Waals surface area (Å²) >= 11 is 0. The van der Waals surface area contributed by atoms with Crippen LogP contribution in [0.2, 0.25) is 0 Å². The Morgan fingerprint density at radius 1 is 1.47 bits per heavy atom. The third-order valence-electron chi connectivity index (χ3n) is 3.64. The summed E-state index contributed by atoms with van der Waals surface area (Å²) in [6.07, 6.45) is 2.44. The van der Waals surface area contributed by atoms with Gasteiger partial charge in [-0.25, -0.2) is 0 Å². The molecule has 1 saturated carbocycles. The molecule has 3 heteroatoms. The second-order valence-corrected chi connectivity index (χ2v) is 4.73. The van der Waals surface area contributed by atoms with Crippen molar-refractivity contribution >= 4 is 5.97 Å². The second-order valence-electron chi connectivity index (χ2n) is 4.73. The maximum absolute atomic E-state index is 11.8. The van der Waals surface area contributed by atoms with Crippen molar-refractivity contribution in [2.75, 3.05) is 7.11 Å². The van der Waals surface area contributed by atoms with E-state index in [0.29, 0.717) is 5.75 Å². The first-order valence-corrected chi connectivity index (χ1v) is 5.96. The highest BCUT2D eigenvalue weighted by Crippen LogP contribution is 2.50. The maximum atomic E-state index is 11.8. The summed E-state index contributed by atoms with van der Waals surface area (Å²) in [7, 11) is 1.43. The van der Waals surface area contributed by atoms with Gasteiger partial charge in [0.2, 0.25) is 0 Å². The number of hydrogen-bond donors (Lipinski definition) is 1. The van der Waals surface area contributed by atoms with Crippen LogP contribution in [0.4, 0.5) is 0 Å². The smallest absolute Gasteiger partial charge is 0.316 e. The van der Waals surface area contributed by atoms with E-state index in [1.807, 2.05) is 26.0 Å². The van der Waals surface area contributed by atoms with Crippen molar-refractivity contribution in [1.29, 1.82) is 0 Å². The standard InChI is InChI=1S/C14H18O3/c1-4-10-8-11(7-9(2)12(10)15)14(5-6-14)13(16)17-3/h7-8,15H,4-6H2,1-3H3. The summed E-state index contributed by atoms with van der Waals surface area (Å²) in [4.78, 5) is 11.8. The summed E-state index contributed by atoms with van der Waals surface area (Å²) in [6, 6.07) is 3.84. The molecular formula is C14H18O3. The van der Waals surface area contributed by atoms with Crippen LogP contribution >= 0.6 is 0 Å². The highest BCUT2D eigenvalue weighted by Gasteiger charge is 2.52. The van der Waals surface area contributed by atoms with Crippen LogP contribution in [0, 0.1) is 6.92 Å². The SMILES string of the molecule is CCc1cc(C2(C(=O)OC)CC2)cc(C)c1O. The van der Waals surface area contributed by atoms with E-state index >= 15 is 0 Å². The quantitative estimate of drug-likeness (QED) is 0.817. The average Bonchev–Trinajstić information content (AvgIpc) is 3.12. The molecule has 1 aliphatic carbocycles. The van der Waals surface area contributed by atoms with E-state index in [0.717, 1.165) is 36.0 Å². The zero-order valence-corrected chi connectivity index (χ0v) is 10.5. The van der Waals surface area contributed by atoms with Gasteiger partial charge in [-0.05, 0) is 42.9 Å². The van der Waals surface area contributed by atoms with Crippen LogP contribution in [0.3, 0.4) is 0 Å². The third kappa shape index (κ3) is 1.79. The summed E-state index contributed by atoms with van der Waals surface area (Å²) in [5.74, 6) is 0.182. The highest BCUT2D eigenvalue weighted by molar-refractivity contribution is 5.86. The Kier molecular flexibility index (Phi) is 2.86. The van der Waals surface area contributed by atoms with Crippen LogP contribution in [0.15, 0.2) is 12.1 Å². The summed E-state index contributed by atoms with van der Waals surface area (Å²) in [5.41, 5.74) is 2.26.